The highest BCUT2D eigenvalue weighted by atomic mass is 32.2. The van der Waals surface area contributed by atoms with Crippen LogP contribution in [0.3, 0.4) is 0 Å². The first-order chi connectivity index (χ1) is 6.63. The van der Waals surface area contributed by atoms with Crippen LogP contribution in [-0.2, 0) is 11.0 Å². The van der Waals surface area contributed by atoms with Crippen molar-refractivity contribution in [3.8, 4) is 11.5 Å². The molecule has 0 heterocycles. The van der Waals surface area contributed by atoms with Crippen LogP contribution in [0.4, 0.5) is 0 Å². The van der Waals surface area contributed by atoms with Crippen LogP contribution in [0.5, 0.6) is 11.5 Å². The van der Waals surface area contributed by atoms with Crippen molar-refractivity contribution in [2.75, 3.05) is 7.11 Å². The Bertz CT molecular complexity index is 376. The lowest BCUT2D eigenvalue weighted by atomic mass is 10.2. The molecule has 0 aliphatic carbocycles. The van der Waals surface area contributed by atoms with Crippen molar-refractivity contribution in [2.24, 2.45) is 5.14 Å². The van der Waals surface area contributed by atoms with Gasteiger partial charge >= 0.3 is 0 Å². The molecule has 0 amide bonds. The monoisotopic (exact) mass is 213 g/mol. The highest BCUT2D eigenvalue weighted by Gasteiger charge is 1.99. The number of aromatic hydroxyl groups is 1. The fourth-order valence-electron chi connectivity index (χ4n) is 0.956. The average molecular weight is 213 g/mol. The SMILES string of the molecule is COc1ccc(/C=C\S(N)=O)cc1O. The van der Waals surface area contributed by atoms with Crippen LogP contribution in [0, 0.1) is 0 Å². The quantitative estimate of drug-likeness (QED) is 0.786. The maximum absolute atomic E-state index is 10.5. The third-order valence-electron chi connectivity index (χ3n) is 1.60. The minimum absolute atomic E-state index is 0.0393. The number of nitrogens with two attached hydrogens (primary N) is 1. The molecule has 5 heteroatoms. The van der Waals surface area contributed by atoms with Gasteiger partial charge in [-0.2, -0.15) is 0 Å². The second kappa shape index (κ2) is 4.78. The van der Waals surface area contributed by atoms with Gasteiger partial charge in [0.1, 0.15) is 11.0 Å². The second-order valence-electron chi connectivity index (χ2n) is 2.56. The number of hydrogen-bond donors (Lipinski definition) is 2. The number of phenols is 1. The first-order valence-corrected chi connectivity index (χ1v) is 5.11. The van der Waals surface area contributed by atoms with Gasteiger partial charge in [-0.1, -0.05) is 6.07 Å². The zero-order valence-corrected chi connectivity index (χ0v) is 8.45. The topological polar surface area (TPSA) is 72.5 Å². The van der Waals surface area contributed by atoms with Crippen LogP contribution in [0.25, 0.3) is 6.08 Å². The molecule has 0 aliphatic heterocycles. The van der Waals surface area contributed by atoms with E-state index in [0.717, 1.165) is 0 Å². The van der Waals surface area contributed by atoms with Gasteiger partial charge in [0.25, 0.3) is 0 Å². The molecular formula is C9H11NO3S. The van der Waals surface area contributed by atoms with Crippen LogP contribution >= 0.6 is 0 Å². The third-order valence-corrected chi connectivity index (χ3v) is 2.00. The lowest BCUT2D eigenvalue weighted by Gasteiger charge is -2.02. The molecule has 3 N–H and O–H groups in total. The molecule has 0 radical (unpaired) electrons. The van der Waals surface area contributed by atoms with E-state index in [1.165, 1.54) is 18.6 Å². The maximum Gasteiger partial charge on any atom is 0.160 e. The lowest BCUT2D eigenvalue weighted by Crippen LogP contribution is -1.95. The van der Waals surface area contributed by atoms with E-state index in [0.29, 0.717) is 11.3 Å². The highest BCUT2D eigenvalue weighted by Crippen LogP contribution is 2.26. The Kier molecular flexibility index (Phi) is 3.67. The van der Waals surface area contributed by atoms with Gasteiger partial charge in [0, 0.05) is 5.41 Å². The number of phenolic OH excluding ortho intramolecular Hbond substituents is 1. The highest BCUT2D eigenvalue weighted by molar-refractivity contribution is 7.85. The first kappa shape index (κ1) is 10.7. The number of rotatable bonds is 3. The van der Waals surface area contributed by atoms with Crippen LogP contribution < -0.4 is 9.88 Å². The smallest absolute Gasteiger partial charge is 0.160 e. The molecule has 0 fully saturated rings. The molecule has 4 nitrogen and oxygen atoms in total. The Labute approximate surface area is 84.6 Å². The van der Waals surface area contributed by atoms with Gasteiger partial charge in [0.05, 0.1) is 7.11 Å². The average Bonchev–Trinajstić information content (AvgIpc) is 2.15. The summed E-state index contributed by atoms with van der Waals surface area (Å²) in [6.45, 7) is 0. The van der Waals surface area contributed by atoms with Crippen molar-refractivity contribution >= 4 is 17.1 Å². The summed E-state index contributed by atoms with van der Waals surface area (Å²) >= 11 is 0. The van der Waals surface area contributed by atoms with Crippen LogP contribution in [0.1, 0.15) is 5.56 Å². The molecular weight excluding hydrogens is 202 g/mol. The summed E-state index contributed by atoms with van der Waals surface area (Å²) in [5.74, 6) is 0.438. The van der Waals surface area contributed by atoms with Crippen molar-refractivity contribution in [2.45, 2.75) is 0 Å². The standard InChI is InChI=1S/C9H11NO3S/c1-13-9-3-2-7(6-8(9)11)4-5-14(10)12/h2-6,11H,10H2,1H3/b5-4-. The summed E-state index contributed by atoms with van der Waals surface area (Å²) in [4.78, 5) is 0. The molecule has 0 bridgehead atoms. The van der Waals surface area contributed by atoms with E-state index in [-0.39, 0.29) is 5.75 Å². The summed E-state index contributed by atoms with van der Waals surface area (Å²) in [7, 11) is -0.00152. The molecule has 1 atom stereocenters. The second-order valence-corrected chi connectivity index (χ2v) is 3.49. The largest absolute Gasteiger partial charge is 0.504 e. The fourth-order valence-corrected chi connectivity index (χ4v) is 1.25. The van der Waals surface area contributed by atoms with Crippen LogP contribution in [0.2, 0.25) is 0 Å². The zero-order chi connectivity index (χ0) is 10.6. The lowest BCUT2D eigenvalue weighted by molar-refractivity contribution is 0.373. The Morgan fingerprint density at radius 1 is 1.57 bits per heavy atom. The summed E-state index contributed by atoms with van der Waals surface area (Å²) < 4.78 is 15.4. The van der Waals surface area contributed by atoms with Gasteiger partial charge in [-0.3, -0.25) is 0 Å². The van der Waals surface area contributed by atoms with Crippen molar-refractivity contribution < 1.29 is 14.1 Å². The van der Waals surface area contributed by atoms with Crippen molar-refractivity contribution in [1.29, 1.82) is 0 Å². The molecule has 0 saturated heterocycles. The molecule has 14 heavy (non-hydrogen) atoms. The van der Waals surface area contributed by atoms with Gasteiger partial charge in [-0.25, -0.2) is 9.35 Å². The van der Waals surface area contributed by atoms with E-state index in [1.54, 1.807) is 18.2 Å². The number of ether oxygens (including phenoxy) is 1. The van der Waals surface area contributed by atoms with Gasteiger partial charge in [0.2, 0.25) is 0 Å². The summed E-state index contributed by atoms with van der Waals surface area (Å²) in [6.07, 6.45) is 1.56. The van der Waals surface area contributed by atoms with E-state index in [9.17, 15) is 9.32 Å². The molecule has 1 rings (SSSR count). The summed E-state index contributed by atoms with van der Waals surface area (Å²) in [6, 6.07) is 4.85. The Morgan fingerprint density at radius 2 is 2.29 bits per heavy atom. The molecule has 0 aromatic heterocycles. The molecule has 0 spiro atoms. The minimum atomic E-state index is -1.47. The summed E-state index contributed by atoms with van der Waals surface area (Å²) in [5, 5.41) is 15.8. The molecule has 1 unspecified atom stereocenters. The Hall–Kier alpha value is -1.33. The molecule has 1 aromatic rings. The number of methoxy groups -OCH3 is 1. The Balaban J connectivity index is 2.91. The van der Waals surface area contributed by atoms with E-state index in [1.807, 2.05) is 0 Å². The number of benzene rings is 1. The van der Waals surface area contributed by atoms with E-state index < -0.39 is 11.0 Å². The van der Waals surface area contributed by atoms with Gasteiger partial charge in [-0.15, -0.1) is 0 Å². The predicted octanol–water partition coefficient (Wildman–Crippen LogP) is 0.994. The fraction of sp³-hybridized carbons (Fsp3) is 0.111. The Morgan fingerprint density at radius 3 is 2.79 bits per heavy atom. The van der Waals surface area contributed by atoms with Crippen molar-refractivity contribution in [3.63, 3.8) is 0 Å². The van der Waals surface area contributed by atoms with Crippen molar-refractivity contribution in [1.82, 2.24) is 0 Å². The first-order valence-electron chi connectivity index (χ1n) is 3.83. The van der Waals surface area contributed by atoms with Crippen LogP contribution in [0.15, 0.2) is 23.6 Å². The zero-order valence-electron chi connectivity index (χ0n) is 7.64. The van der Waals surface area contributed by atoms with E-state index in [4.69, 9.17) is 9.88 Å². The molecule has 0 saturated carbocycles. The van der Waals surface area contributed by atoms with Gasteiger partial charge < -0.3 is 9.84 Å². The maximum atomic E-state index is 10.5. The molecule has 0 aliphatic rings. The normalized spacial score (nSPS) is 13.0. The molecule has 76 valence electrons. The van der Waals surface area contributed by atoms with Crippen molar-refractivity contribution in [3.05, 3.63) is 29.2 Å². The predicted molar refractivity (Wildman–Crippen MR) is 56.0 cm³/mol. The minimum Gasteiger partial charge on any atom is -0.504 e. The van der Waals surface area contributed by atoms with E-state index in [2.05, 4.69) is 0 Å². The van der Waals surface area contributed by atoms with Gasteiger partial charge in [-0.05, 0) is 23.8 Å². The van der Waals surface area contributed by atoms with E-state index >= 15 is 0 Å². The number of hydrogen-bond acceptors (Lipinski definition) is 3. The third kappa shape index (κ3) is 2.86. The molecule has 1 aromatic carbocycles. The summed E-state index contributed by atoms with van der Waals surface area (Å²) in [5.41, 5.74) is 0.710. The van der Waals surface area contributed by atoms with Crippen LogP contribution in [-0.4, -0.2) is 16.4 Å². The van der Waals surface area contributed by atoms with Gasteiger partial charge in [0.15, 0.2) is 11.5 Å².